The molecule has 9 nitrogen and oxygen atoms in total. The van der Waals surface area contributed by atoms with E-state index in [0.717, 1.165) is 30.3 Å². The minimum absolute atomic E-state index is 0.0208. The van der Waals surface area contributed by atoms with Crippen LogP contribution in [0.5, 0.6) is 11.6 Å². The lowest BCUT2D eigenvalue weighted by Gasteiger charge is -2.34. The number of methoxy groups -OCH3 is 1. The first-order chi connectivity index (χ1) is 18.4. The number of fused-ring (bicyclic) bond motifs is 1. The minimum atomic E-state index is -1.29. The number of ether oxygens (including phenoxy) is 2. The molecule has 0 unspecified atom stereocenters. The number of allylic oxidation sites excluding steroid dienone is 1. The number of amides is 1. The van der Waals surface area contributed by atoms with E-state index >= 15 is 0 Å². The number of nitrogens with one attached hydrogen (secondary N) is 1. The highest BCUT2D eigenvalue weighted by Gasteiger charge is 2.36. The van der Waals surface area contributed by atoms with E-state index in [2.05, 4.69) is 25.2 Å². The predicted molar refractivity (Wildman–Crippen MR) is 143 cm³/mol. The number of nitrogens with zero attached hydrogens (tertiary/aromatic N) is 4. The van der Waals surface area contributed by atoms with Gasteiger partial charge in [0.2, 0.25) is 11.7 Å². The third-order valence-corrected chi connectivity index (χ3v) is 7.28. The summed E-state index contributed by atoms with van der Waals surface area (Å²) < 4.78 is 11.2. The molecule has 1 aliphatic carbocycles. The molecule has 38 heavy (non-hydrogen) atoms. The number of pyridine rings is 1. The molecule has 1 N–H and O–H groups in total. The van der Waals surface area contributed by atoms with Crippen molar-refractivity contribution in [1.82, 2.24) is 20.3 Å². The number of hydrogen-bond donors (Lipinski definition) is 1. The van der Waals surface area contributed by atoms with Gasteiger partial charge in [-0.3, -0.25) is 9.59 Å². The number of carbonyl (C=O) groups is 2. The molecule has 5 rings (SSSR count). The largest absolute Gasteiger partial charge is 0.489 e. The Morgan fingerprint density at radius 2 is 1.97 bits per heavy atom. The lowest BCUT2D eigenvalue weighted by molar-refractivity contribution is -0.111. The van der Waals surface area contributed by atoms with E-state index in [-0.39, 0.29) is 17.1 Å². The van der Waals surface area contributed by atoms with Crippen molar-refractivity contribution >= 4 is 29.6 Å². The Bertz CT molecular complexity index is 1370. The topological polar surface area (TPSA) is 107 Å². The summed E-state index contributed by atoms with van der Waals surface area (Å²) in [6.45, 7) is 3.16. The molecule has 0 saturated carbocycles. The van der Waals surface area contributed by atoms with Crippen LogP contribution < -0.4 is 19.7 Å². The molecule has 2 aliphatic rings. The van der Waals surface area contributed by atoms with Gasteiger partial charge in [-0.25, -0.2) is 15.0 Å². The van der Waals surface area contributed by atoms with Crippen molar-refractivity contribution in [3.05, 3.63) is 82.4 Å². The zero-order valence-corrected chi connectivity index (χ0v) is 21.9. The second-order valence-corrected chi connectivity index (χ2v) is 9.69. The normalized spacial score (nSPS) is 19.0. The average Bonchev–Trinajstić information content (AvgIpc) is 2.95. The van der Waals surface area contributed by atoms with Gasteiger partial charge in [0.1, 0.15) is 28.4 Å². The summed E-state index contributed by atoms with van der Waals surface area (Å²) in [6, 6.07) is 11.1. The first-order valence-corrected chi connectivity index (χ1v) is 12.8. The number of anilines is 1. The van der Waals surface area contributed by atoms with E-state index in [0.29, 0.717) is 42.5 Å². The van der Waals surface area contributed by atoms with Crippen LogP contribution >= 0.6 is 11.6 Å². The zero-order chi connectivity index (χ0) is 26.7. The third kappa shape index (κ3) is 5.06. The zero-order valence-electron chi connectivity index (χ0n) is 21.2. The van der Waals surface area contributed by atoms with Crippen molar-refractivity contribution in [1.29, 1.82) is 0 Å². The molecule has 1 saturated heterocycles. The van der Waals surface area contributed by atoms with Crippen LogP contribution in [0, 0.1) is 6.92 Å². The first kappa shape index (κ1) is 25.7. The van der Waals surface area contributed by atoms with Gasteiger partial charge in [-0.15, -0.1) is 0 Å². The van der Waals surface area contributed by atoms with Crippen LogP contribution in [0.2, 0.25) is 5.15 Å². The van der Waals surface area contributed by atoms with Gasteiger partial charge in [0.05, 0.1) is 13.3 Å². The van der Waals surface area contributed by atoms with Crippen molar-refractivity contribution in [2.45, 2.75) is 37.8 Å². The highest BCUT2D eigenvalue weighted by atomic mass is 35.5. The highest BCUT2D eigenvalue weighted by Crippen LogP contribution is 2.31. The van der Waals surface area contributed by atoms with Gasteiger partial charge in [-0.2, -0.15) is 0 Å². The molecule has 3 heterocycles. The Morgan fingerprint density at radius 3 is 2.68 bits per heavy atom. The van der Waals surface area contributed by atoms with Gasteiger partial charge in [0.15, 0.2) is 6.29 Å². The molecule has 0 radical (unpaired) electrons. The molecule has 3 aromatic rings. The van der Waals surface area contributed by atoms with E-state index in [1.807, 2.05) is 43.3 Å². The molecular weight excluding hydrogens is 506 g/mol. The lowest BCUT2D eigenvalue weighted by atomic mass is 9.82. The van der Waals surface area contributed by atoms with Crippen LogP contribution in [-0.2, 0) is 16.8 Å². The van der Waals surface area contributed by atoms with Crippen molar-refractivity contribution < 1.29 is 19.1 Å². The van der Waals surface area contributed by atoms with E-state index in [1.165, 1.54) is 0 Å². The van der Waals surface area contributed by atoms with E-state index in [1.54, 1.807) is 25.4 Å². The van der Waals surface area contributed by atoms with Gasteiger partial charge < -0.3 is 19.7 Å². The maximum atomic E-state index is 13.3. The maximum Gasteiger partial charge on any atom is 0.290 e. The number of halogens is 1. The number of aromatic nitrogens is 3. The van der Waals surface area contributed by atoms with Crippen LogP contribution in [0.1, 0.15) is 40.2 Å². The number of hydrogen-bond acceptors (Lipinski definition) is 8. The quantitative estimate of drug-likeness (QED) is 0.277. The van der Waals surface area contributed by atoms with Crippen molar-refractivity contribution in [2.75, 3.05) is 25.1 Å². The number of benzene rings is 1. The number of carbonyl (C=O) groups excluding carboxylic acids is 2. The molecule has 0 bridgehead atoms. The first-order valence-electron chi connectivity index (χ1n) is 12.4. The molecule has 196 valence electrons. The predicted octanol–water partition coefficient (Wildman–Crippen LogP) is 3.83. The van der Waals surface area contributed by atoms with Crippen LogP contribution in [0.15, 0.2) is 54.7 Å². The second kappa shape index (κ2) is 10.8. The summed E-state index contributed by atoms with van der Waals surface area (Å²) in [5.41, 5.74) is 1.11. The molecule has 1 aliphatic heterocycles. The van der Waals surface area contributed by atoms with E-state index in [9.17, 15) is 9.59 Å². The van der Waals surface area contributed by atoms with E-state index in [4.69, 9.17) is 21.1 Å². The van der Waals surface area contributed by atoms with Crippen molar-refractivity contribution in [3.63, 3.8) is 0 Å². The van der Waals surface area contributed by atoms with Gasteiger partial charge in [-0.05, 0) is 30.5 Å². The number of piperidine rings is 1. The summed E-state index contributed by atoms with van der Waals surface area (Å²) in [5, 5.41) is 3.04. The van der Waals surface area contributed by atoms with Gasteiger partial charge in [0.25, 0.3) is 5.91 Å². The molecule has 0 spiro atoms. The van der Waals surface area contributed by atoms with Gasteiger partial charge in [0, 0.05) is 37.6 Å². The monoisotopic (exact) mass is 533 g/mol. The fourth-order valence-corrected chi connectivity index (χ4v) is 5.04. The van der Waals surface area contributed by atoms with Gasteiger partial charge >= 0.3 is 0 Å². The van der Waals surface area contributed by atoms with Crippen molar-refractivity contribution in [3.8, 4) is 11.6 Å². The van der Waals surface area contributed by atoms with E-state index < -0.39 is 11.4 Å². The average molecular weight is 534 g/mol. The molecule has 1 aromatic carbocycles. The fraction of sp³-hybridized carbons (Fsp3) is 0.321. The standard InChI is InChI=1S/C28H28ClN5O4/c1-18-24(29)31-25(27(36)33-28(17-35)13-5-7-19-6-3-4-8-22(19)28)32-26(18)34-14-11-20(12-15-34)38-21-9-10-23(37-2)30-16-21/h3-6,8-10,13,16-17,20H,7,11-12,14-15H2,1-2H3,(H,33,36)/t28-/m0/s1. The Balaban J connectivity index is 1.31. The summed E-state index contributed by atoms with van der Waals surface area (Å²) in [4.78, 5) is 40.7. The molecule has 1 atom stereocenters. The van der Waals surface area contributed by atoms with Crippen LogP contribution in [0.3, 0.4) is 0 Å². The smallest absolute Gasteiger partial charge is 0.290 e. The molecular formula is C28H28ClN5O4. The Morgan fingerprint density at radius 1 is 1.18 bits per heavy atom. The lowest BCUT2D eigenvalue weighted by Crippen LogP contribution is -2.48. The minimum Gasteiger partial charge on any atom is -0.489 e. The summed E-state index contributed by atoms with van der Waals surface area (Å²) in [5.74, 6) is 1.15. The number of rotatable bonds is 7. The Kier molecular flexibility index (Phi) is 7.28. The van der Waals surface area contributed by atoms with Crippen LogP contribution in [0.4, 0.5) is 5.82 Å². The van der Waals surface area contributed by atoms with Crippen molar-refractivity contribution in [2.24, 2.45) is 0 Å². The summed E-state index contributed by atoms with van der Waals surface area (Å²) >= 11 is 6.45. The number of aldehydes is 1. The second-order valence-electron chi connectivity index (χ2n) is 9.33. The Hall–Kier alpha value is -3.98. The van der Waals surface area contributed by atoms with Crippen LogP contribution in [0.25, 0.3) is 0 Å². The SMILES string of the molecule is COc1ccc(OC2CCN(c3nc(C(=O)N[C@]4(C=O)C=CCc5ccccc54)nc(Cl)c3C)CC2)cn1. The summed E-state index contributed by atoms with van der Waals surface area (Å²) in [6.07, 6.45) is 8.19. The fourth-order valence-electron chi connectivity index (χ4n) is 4.87. The molecule has 1 amide bonds. The Labute approximate surface area is 225 Å². The molecule has 2 aromatic heterocycles. The molecule has 1 fully saturated rings. The maximum absolute atomic E-state index is 13.3. The highest BCUT2D eigenvalue weighted by molar-refractivity contribution is 6.30. The molecule has 10 heteroatoms. The summed E-state index contributed by atoms with van der Waals surface area (Å²) in [7, 11) is 1.57. The van der Waals surface area contributed by atoms with Crippen LogP contribution in [-0.4, -0.2) is 53.4 Å². The van der Waals surface area contributed by atoms with Gasteiger partial charge in [-0.1, -0.05) is 48.0 Å². The third-order valence-electron chi connectivity index (χ3n) is 6.91.